The van der Waals surface area contributed by atoms with Crippen LogP contribution < -0.4 is 5.32 Å². The standard InChI is InChI=1S/C9H21NOS/c1-9(8-12-3)7-10-5-4-6-11-2/h9-10H,4-8H2,1-3H3. The van der Waals surface area contributed by atoms with Crippen molar-refractivity contribution in [2.45, 2.75) is 13.3 Å². The average molecular weight is 191 g/mol. The van der Waals surface area contributed by atoms with Crippen LogP contribution in [0.4, 0.5) is 0 Å². The van der Waals surface area contributed by atoms with Crippen molar-refractivity contribution in [1.82, 2.24) is 5.32 Å². The number of methoxy groups -OCH3 is 1. The number of thioether (sulfide) groups is 1. The van der Waals surface area contributed by atoms with Crippen LogP contribution in [0.25, 0.3) is 0 Å². The molecule has 0 aliphatic heterocycles. The first kappa shape index (κ1) is 12.3. The molecule has 0 aromatic heterocycles. The third-order valence-electron chi connectivity index (χ3n) is 1.65. The van der Waals surface area contributed by atoms with Crippen LogP contribution >= 0.6 is 11.8 Å². The Morgan fingerprint density at radius 2 is 2.25 bits per heavy atom. The molecule has 74 valence electrons. The van der Waals surface area contributed by atoms with E-state index < -0.39 is 0 Å². The Kier molecular flexibility index (Phi) is 9.57. The summed E-state index contributed by atoms with van der Waals surface area (Å²) in [6, 6.07) is 0. The maximum Gasteiger partial charge on any atom is 0.0474 e. The molecule has 1 unspecified atom stereocenters. The third-order valence-corrected chi connectivity index (χ3v) is 2.55. The minimum Gasteiger partial charge on any atom is -0.385 e. The van der Waals surface area contributed by atoms with Crippen molar-refractivity contribution in [3.63, 3.8) is 0 Å². The summed E-state index contributed by atoms with van der Waals surface area (Å²) in [5.74, 6) is 2.03. The first-order valence-corrected chi connectivity index (χ1v) is 5.89. The Balaban J connectivity index is 2.97. The van der Waals surface area contributed by atoms with Crippen LogP contribution in [0.2, 0.25) is 0 Å². The first-order chi connectivity index (χ1) is 5.81. The Bertz CT molecular complexity index is 90.6. The molecule has 0 aliphatic rings. The van der Waals surface area contributed by atoms with Crippen LogP contribution in [0.5, 0.6) is 0 Å². The molecule has 12 heavy (non-hydrogen) atoms. The van der Waals surface area contributed by atoms with Crippen molar-refractivity contribution >= 4 is 11.8 Å². The van der Waals surface area contributed by atoms with E-state index in [4.69, 9.17) is 4.74 Å². The summed E-state index contributed by atoms with van der Waals surface area (Å²) in [6.07, 6.45) is 3.27. The summed E-state index contributed by atoms with van der Waals surface area (Å²) >= 11 is 1.91. The predicted octanol–water partition coefficient (Wildman–Crippen LogP) is 1.61. The van der Waals surface area contributed by atoms with Gasteiger partial charge < -0.3 is 10.1 Å². The highest BCUT2D eigenvalue weighted by atomic mass is 32.2. The van der Waals surface area contributed by atoms with E-state index in [1.54, 1.807) is 7.11 Å². The molecule has 0 rings (SSSR count). The van der Waals surface area contributed by atoms with Gasteiger partial charge in [-0.1, -0.05) is 6.92 Å². The van der Waals surface area contributed by atoms with E-state index >= 15 is 0 Å². The lowest BCUT2D eigenvalue weighted by Crippen LogP contribution is -2.24. The smallest absolute Gasteiger partial charge is 0.0474 e. The van der Waals surface area contributed by atoms with E-state index in [1.165, 1.54) is 5.75 Å². The van der Waals surface area contributed by atoms with E-state index in [9.17, 15) is 0 Å². The zero-order chi connectivity index (χ0) is 9.23. The zero-order valence-corrected chi connectivity index (χ0v) is 9.25. The summed E-state index contributed by atoms with van der Waals surface area (Å²) in [4.78, 5) is 0. The SMILES string of the molecule is COCCCNCC(C)CSC. The number of nitrogens with one attached hydrogen (secondary N) is 1. The van der Waals surface area contributed by atoms with Crippen molar-refractivity contribution in [2.75, 3.05) is 38.8 Å². The van der Waals surface area contributed by atoms with E-state index in [0.717, 1.165) is 32.0 Å². The summed E-state index contributed by atoms with van der Waals surface area (Å²) in [5.41, 5.74) is 0. The molecule has 1 atom stereocenters. The molecule has 0 amide bonds. The molecule has 2 nitrogen and oxygen atoms in total. The van der Waals surface area contributed by atoms with Gasteiger partial charge in [-0.05, 0) is 37.4 Å². The Hall–Kier alpha value is 0.270. The normalized spacial score (nSPS) is 13.2. The highest BCUT2D eigenvalue weighted by Crippen LogP contribution is 2.02. The minimum atomic E-state index is 0.780. The Morgan fingerprint density at radius 1 is 1.50 bits per heavy atom. The minimum absolute atomic E-state index is 0.780. The fourth-order valence-electron chi connectivity index (χ4n) is 1.03. The third kappa shape index (κ3) is 8.37. The van der Waals surface area contributed by atoms with Crippen LogP contribution in [0, 0.1) is 5.92 Å². The fraction of sp³-hybridized carbons (Fsp3) is 1.00. The second kappa shape index (κ2) is 9.36. The number of ether oxygens (including phenoxy) is 1. The summed E-state index contributed by atoms with van der Waals surface area (Å²) in [7, 11) is 1.75. The molecular formula is C9H21NOS. The molecule has 0 radical (unpaired) electrons. The van der Waals surface area contributed by atoms with E-state index in [-0.39, 0.29) is 0 Å². The molecule has 0 saturated heterocycles. The molecule has 0 heterocycles. The molecule has 1 N–H and O–H groups in total. The quantitative estimate of drug-likeness (QED) is 0.589. The summed E-state index contributed by atoms with van der Waals surface area (Å²) in [5, 5.41) is 3.41. The maximum atomic E-state index is 4.95. The summed E-state index contributed by atoms with van der Waals surface area (Å²) in [6.45, 7) is 5.35. The van der Waals surface area contributed by atoms with E-state index in [0.29, 0.717) is 0 Å². The lowest BCUT2D eigenvalue weighted by atomic mass is 10.2. The van der Waals surface area contributed by atoms with Gasteiger partial charge in [0, 0.05) is 13.7 Å². The highest BCUT2D eigenvalue weighted by molar-refractivity contribution is 7.98. The Morgan fingerprint density at radius 3 is 2.83 bits per heavy atom. The van der Waals surface area contributed by atoms with Crippen LogP contribution in [0.3, 0.4) is 0 Å². The van der Waals surface area contributed by atoms with Gasteiger partial charge in [0.2, 0.25) is 0 Å². The number of rotatable bonds is 8. The molecule has 0 bridgehead atoms. The number of hydrogen-bond donors (Lipinski definition) is 1. The lowest BCUT2D eigenvalue weighted by Gasteiger charge is -2.10. The van der Waals surface area contributed by atoms with Gasteiger partial charge in [0.05, 0.1) is 0 Å². The van der Waals surface area contributed by atoms with Crippen LogP contribution in [-0.2, 0) is 4.74 Å². The topological polar surface area (TPSA) is 21.3 Å². The molecule has 0 saturated carbocycles. The van der Waals surface area contributed by atoms with E-state index in [2.05, 4.69) is 18.5 Å². The fourth-order valence-corrected chi connectivity index (χ4v) is 1.72. The summed E-state index contributed by atoms with van der Waals surface area (Å²) < 4.78 is 4.95. The van der Waals surface area contributed by atoms with Gasteiger partial charge in [-0.2, -0.15) is 11.8 Å². The molecule has 3 heteroatoms. The molecule has 0 aromatic rings. The van der Waals surface area contributed by atoms with Crippen molar-refractivity contribution < 1.29 is 4.74 Å². The average Bonchev–Trinajstić information content (AvgIpc) is 2.05. The van der Waals surface area contributed by atoms with Gasteiger partial charge in [0.15, 0.2) is 0 Å². The van der Waals surface area contributed by atoms with Crippen molar-refractivity contribution in [3.8, 4) is 0 Å². The maximum absolute atomic E-state index is 4.95. The Labute approximate surface area is 80.4 Å². The molecular weight excluding hydrogens is 170 g/mol. The first-order valence-electron chi connectivity index (χ1n) is 4.49. The van der Waals surface area contributed by atoms with Gasteiger partial charge in [-0.3, -0.25) is 0 Å². The highest BCUT2D eigenvalue weighted by Gasteiger charge is 1.98. The molecule has 0 spiro atoms. The van der Waals surface area contributed by atoms with Crippen molar-refractivity contribution in [1.29, 1.82) is 0 Å². The molecule has 0 fully saturated rings. The lowest BCUT2D eigenvalue weighted by molar-refractivity contribution is 0.194. The van der Waals surface area contributed by atoms with Crippen LogP contribution in [-0.4, -0.2) is 38.8 Å². The van der Waals surface area contributed by atoms with Crippen LogP contribution in [0.15, 0.2) is 0 Å². The second-order valence-electron chi connectivity index (χ2n) is 3.11. The molecule has 0 aliphatic carbocycles. The van der Waals surface area contributed by atoms with Gasteiger partial charge in [0.25, 0.3) is 0 Å². The van der Waals surface area contributed by atoms with E-state index in [1.807, 2.05) is 11.8 Å². The van der Waals surface area contributed by atoms with Crippen LogP contribution in [0.1, 0.15) is 13.3 Å². The largest absolute Gasteiger partial charge is 0.385 e. The van der Waals surface area contributed by atoms with Gasteiger partial charge >= 0.3 is 0 Å². The van der Waals surface area contributed by atoms with Gasteiger partial charge in [-0.15, -0.1) is 0 Å². The molecule has 0 aromatic carbocycles. The second-order valence-corrected chi connectivity index (χ2v) is 4.02. The zero-order valence-electron chi connectivity index (χ0n) is 8.43. The van der Waals surface area contributed by atoms with Gasteiger partial charge in [-0.25, -0.2) is 0 Å². The monoisotopic (exact) mass is 191 g/mol. The predicted molar refractivity (Wildman–Crippen MR) is 56.9 cm³/mol. The van der Waals surface area contributed by atoms with Crippen molar-refractivity contribution in [3.05, 3.63) is 0 Å². The van der Waals surface area contributed by atoms with Gasteiger partial charge in [0.1, 0.15) is 0 Å². The number of hydrogen-bond acceptors (Lipinski definition) is 3. The van der Waals surface area contributed by atoms with Crippen molar-refractivity contribution in [2.24, 2.45) is 5.92 Å².